The number of hydrazone groups is 1. The molecule has 0 aliphatic carbocycles. The average Bonchev–Trinajstić information content (AvgIpc) is 2.84. The molecule has 0 spiro atoms. The highest BCUT2D eigenvalue weighted by atomic mass is 19.1. The Labute approximate surface area is 184 Å². The van der Waals surface area contributed by atoms with Crippen molar-refractivity contribution in [3.8, 4) is 11.3 Å². The van der Waals surface area contributed by atoms with E-state index >= 15 is 0 Å². The van der Waals surface area contributed by atoms with E-state index in [1.165, 1.54) is 12.1 Å². The van der Waals surface area contributed by atoms with Gasteiger partial charge in [0.25, 0.3) is 5.91 Å². The molecular weight excluding hydrogens is 401 g/mol. The summed E-state index contributed by atoms with van der Waals surface area (Å²) in [5.41, 5.74) is 5.99. The number of amides is 1. The molecule has 154 valence electrons. The third-order valence-corrected chi connectivity index (χ3v) is 5.29. The number of rotatable bonds is 4. The van der Waals surface area contributed by atoms with E-state index in [-0.39, 0.29) is 11.7 Å². The highest BCUT2D eigenvalue weighted by Gasteiger charge is 2.13. The minimum Gasteiger partial charge on any atom is -0.267 e. The molecule has 4 nitrogen and oxygen atoms in total. The summed E-state index contributed by atoms with van der Waals surface area (Å²) in [4.78, 5) is 17.7. The Morgan fingerprint density at radius 2 is 1.56 bits per heavy atom. The summed E-state index contributed by atoms with van der Waals surface area (Å²) in [5.74, 6) is -0.668. The van der Waals surface area contributed by atoms with Crippen molar-refractivity contribution >= 4 is 33.8 Å². The minimum atomic E-state index is -0.344. The maximum Gasteiger partial charge on any atom is 0.272 e. The lowest BCUT2D eigenvalue weighted by atomic mass is 10.0. The Bertz CT molecular complexity index is 1470. The summed E-state index contributed by atoms with van der Waals surface area (Å²) < 4.78 is 13.3. The molecule has 0 aliphatic rings. The van der Waals surface area contributed by atoms with Crippen molar-refractivity contribution in [1.29, 1.82) is 0 Å². The van der Waals surface area contributed by atoms with Crippen molar-refractivity contribution in [2.24, 2.45) is 5.10 Å². The smallest absolute Gasteiger partial charge is 0.267 e. The fourth-order valence-corrected chi connectivity index (χ4v) is 3.72. The molecule has 1 amide bonds. The zero-order valence-corrected chi connectivity index (χ0v) is 17.0. The second-order valence-electron chi connectivity index (χ2n) is 7.35. The van der Waals surface area contributed by atoms with Gasteiger partial charge in [-0.2, -0.15) is 5.10 Å². The lowest BCUT2D eigenvalue weighted by Crippen LogP contribution is -2.18. The molecule has 0 saturated heterocycles. The monoisotopic (exact) mass is 419 g/mol. The van der Waals surface area contributed by atoms with Gasteiger partial charge in [-0.05, 0) is 47.2 Å². The maximum atomic E-state index is 13.3. The summed E-state index contributed by atoms with van der Waals surface area (Å²) in [6, 6.07) is 29.1. The summed E-state index contributed by atoms with van der Waals surface area (Å²) >= 11 is 0. The summed E-state index contributed by atoms with van der Waals surface area (Å²) in [6.45, 7) is 0. The van der Waals surface area contributed by atoms with Crippen molar-refractivity contribution in [2.75, 3.05) is 0 Å². The van der Waals surface area contributed by atoms with Crippen LogP contribution in [0.5, 0.6) is 0 Å². The first-order valence-electron chi connectivity index (χ1n) is 10.2. The number of para-hydroxylation sites is 1. The first-order valence-corrected chi connectivity index (χ1v) is 10.2. The number of aromatic nitrogens is 1. The molecule has 32 heavy (non-hydrogen) atoms. The van der Waals surface area contributed by atoms with Crippen molar-refractivity contribution < 1.29 is 9.18 Å². The van der Waals surface area contributed by atoms with E-state index in [1.807, 2.05) is 66.7 Å². The van der Waals surface area contributed by atoms with Gasteiger partial charge in [0.15, 0.2) is 0 Å². The molecule has 0 saturated carbocycles. The molecule has 5 heteroatoms. The number of fused-ring (bicyclic) bond motifs is 2. The fourth-order valence-electron chi connectivity index (χ4n) is 3.72. The number of nitrogens with one attached hydrogen (secondary N) is 1. The number of hydrogen-bond acceptors (Lipinski definition) is 3. The number of benzene rings is 4. The van der Waals surface area contributed by atoms with E-state index in [2.05, 4.69) is 15.5 Å². The van der Waals surface area contributed by atoms with Gasteiger partial charge in [0.1, 0.15) is 5.82 Å². The molecular formula is C27H18FN3O. The molecule has 0 bridgehead atoms. The van der Waals surface area contributed by atoms with Gasteiger partial charge in [0, 0.05) is 16.5 Å². The SMILES string of the molecule is O=C(NN=Cc1cccc2ccccc12)c1cc(-c2ccc(F)cc2)nc2ccccc12. The third kappa shape index (κ3) is 3.84. The van der Waals surface area contributed by atoms with Crippen molar-refractivity contribution in [3.05, 3.63) is 114 Å². The van der Waals surface area contributed by atoms with Crippen LogP contribution >= 0.6 is 0 Å². The predicted molar refractivity (Wildman–Crippen MR) is 126 cm³/mol. The van der Waals surface area contributed by atoms with Crippen LogP contribution in [0.4, 0.5) is 4.39 Å². The zero-order valence-electron chi connectivity index (χ0n) is 17.0. The van der Waals surface area contributed by atoms with Crippen LogP contribution in [-0.4, -0.2) is 17.1 Å². The number of pyridine rings is 1. The van der Waals surface area contributed by atoms with Crippen LogP contribution in [0.1, 0.15) is 15.9 Å². The number of halogens is 1. The van der Waals surface area contributed by atoms with Crippen LogP contribution in [0.3, 0.4) is 0 Å². The van der Waals surface area contributed by atoms with Crippen LogP contribution in [0, 0.1) is 5.82 Å². The molecule has 0 fully saturated rings. The van der Waals surface area contributed by atoms with Gasteiger partial charge in [0.2, 0.25) is 0 Å². The van der Waals surface area contributed by atoms with E-state index in [4.69, 9.17) is 0 Å². The average molecular weight is 419 g/mol. The Morgan fingerprint density at radius 3 is 2.41 bits per heavy atom. The Kier molecular flexibility index (Phi) is 5.14. The van der Waals surface area contributed by atoms with Crippen LogP contribution in [-0.2, 0) is 0 Å². The standard InChI is InChI=1S/C27H18FN3O/c28-21-14-12-19(13-15-21)26-16-24(23-10-3-4-11-25(23)30-26)27(32)31-29-17-20-8-5-7-18-6-1-2-9-22(18)20/h1-17H,(H,31,32). The first-order chi connectivity index (χ1) is 15.7. The van der Waals surface area contributed by atoms with Gasteiger partial charge in [-0.3, -0.25) is 4.79 Å². The quantitative estimate of drug-likeness (QED) is 0.289. The van der Waals surface area contributed by atoms with Crippen molar-refractivity contribution in [2.45, 2.75) is 0 Å². The molecule has 0 aliphatic heterocycles. The van der Waals surface area contributed by atoms with Gasteiger partial charge in [-0.1, -0.05) is 60.7 Å². The predicted octanol–water partition coefficient (Wildman–Crippen LogP) is 5.96. The highest BCUT2D eigenvalue weighted by molar-refractivity contribution is 6.07. The van der Waals surface area contributed by atoms with E-state index < -0.39 is 0 Å². The molecule has 5 aromatic rings. The molecule has 0 unspecified atom stereocenters. The van der Waals surface area contributed by atoms with E-state index in [0.29, 0.717) is 16.8 Å². The molecule has 0 atom stereocenters. The normalized spacial score (nSPS) is 11.3. The maximum absolute atomic E-state index is 13.3. The lowest BCUT2D eigenvalue weighted by molar-refractivity contribution is 0.0956. The van der Waals surface area contributed by atoms with Crippen LogP contribution in [0.25, 0.3) is 32.9 Å². The lowest BCUT2D eigenvalue weighted by Gasteiger charge is -2.09. The van der Waals surface area contributed by atoms with Crippen LogP contribution in [0.2, 0.25) is 0 Å². The largest absolute Gasteiger partial charge is 0.272 e. The van der Waals surface area contributed by atoms with Crippen LogP contribution < -0.4 is 5.43 Å². The molecule has 1 aromatic heterocycles. The van der Waals surface area contributed by atoms with E-state index in [9.17, 15) is 9.18 Å². The summed E-state index contributed by atoms with van der Waals surface area (Å²) in [6.07, 6.45) is 1.64. The van der Waals surface area contributed by atoms with E-state index in [0.717, 1.165) is 27.3 Å². The number of nitrogens with zero attached hydrogens (tertiary/aromatic N) is 2. The van der Waals surface area contributed by atoms with Crippen molar-refractivity contribution in [3.63, 3.8) is 0 Å². The Hall–Kier alpha value is -4.38. The fraction of sp³-hybridized carbons (Fsp3) is 0. The Morgan fingerprint density at radius 1 is 0.844 bits per heavy atom. The zero-order chi connectivity index (χ0) is 21.9. The molecule has 1 N–H and O–H groups in total. The first kappa shape index (κ1) is 19.6. The second kappa shape index (κ2) is 8.40. The summed E-state index contributed by atoms with van der Waals surface area (Å²) in [7, 11) is 0. The number of hydrogen-bond donors (Lipinski definition) is 1. The van der Waals surface area contributed by atoms with Gasteiger partial charge >= 0.3 is 0 Å². The van der Waals surface area contributed by atoms with Gasteiger partial charge < -0.3 is 0 Å². The van der Waals surface area contributed by atoms with E-state index in [1.54, 1.807) is 24.4 Å². The molecule has 4 aromatic carbocycles. The molecule has 1 heterocycles. The van der Waals surface area contributed by atoms with Gasteiger partial charge in [0.05, 0.1) is 23.0 Å². The second-order valence-corrected chi connectivity index (χ2v) is 7.35. The van der Waals surface area contributed by atoms with Crippen LogP contribution in [0.15, 0.2) is 102 Å². The van der Waals surface area contributed by atoms with Crippen molar-refractivity contribution in [1.82, 2.24) is 10.4 Å². The number of carbonyl (C=O) groups excluding carboxylic acids is 1. The summed E-state index contributed by atoms with van der Waals surface area (Å²) in [5, 5.41) is 7.07. The Balaban J connectivity index is 1.48. The topological polar surface area (TPSA) is 54.4 Å². The van der Waals surface area contributed by atoms with Gasteiger partial charge in [-0.25, -0.2) is 14.8 Å². The van der Waals surface area contributed by atoms with Gasteiger partial charge in [-0.15, -0.1) is 0 Å². The third-order valence-electron chi connectivity index (χ3n) is 5.29. The minimum absolute atomic E-state index is 0.324. The molecule has 0 radical (unpaired) electrons. The highest BCUT2D eigenvalue weighted by Crippen LogP contribution is 2.25. The number of carbonyl (C=O) groups is 1. The molecule has 5 rings (SSSR count).